The highest BCUT2D eigenvalue weighted by Crippen LogP contribution is 2.21. The summed E-state index contributed by atoms with van der Waals surface area (Å²) in [5, 5.41) is 13.2. The van der Waals surface area contributed by atoms with E-state index in [2.05, 4.69) is 10.1 Å². The lowest BCUT2D eigenvalue weighted by Crippen LogP contribution is -2.07. The van der Waals surface area contributed by atoms with Crippen molar-refractivity contribution in [2.45, 2.75) is 19.8 Å². The van der Waals surface area contributed by atoms with E-state index in [9.17, 15) is 4.79 Å². The Morgan fingerprint density at radius 3 is 3.00 bits per heavy atom. The normalized spacial score (nSPS) is 12.3. The minimum atomic E-state index is -0.831. The summed E-state index contributed by atoms with van der Waals surface area (Å²) in [5.74, 6) is 0.0102. The molecule has 0 bridgehead atoms. The molecule has 1 N–H and O–H groups in total. The molecule has 1 aromatic heterocycles. The van der Waals surface area contributed by atoms with Gasteiger partial charge in [-0.25, -0.2) is 0 Å². The molecule has 100 valence electrons. The second-order valence-corrected chi connectivity index (χ2v) is 4.87. The smallest absolute Gasteiger partial charge is 0.303 e. The van der Waals surface area contributed by atoms with Crippen LogP contribution < -0.4 is 0 Å². The molecule has 1 heterocycles. The van der Waals surface area contributed by atoms with Gasteiger partial charge in [0.1, 0.15) is 0 Å². The van der Waals surface area contributed by atoms with Gasteiger partial charge in [-0.05, 0) is 18.1 Å². The molecule has 1 atom stereocenters. The number of hydrogen-bond acceptors (Lipinski definition) is 4. The average molecular weight is 281 g/mol. The zero-order valence-corrected chi connectivity index (χ0v) is 11.1. The van der Waals surface area contributed by atoms with Gasteiger partial charge in [0.15, 0.2) is 0 Å². The summed E-state index contributed by atoms with van der Waals surface area (Å²) in [6, 6.07) is 7.15. The molecule has 0 fully saturated rings. The predicted molar refractivity (Wildman–Crippen MR) is 69.9 cm³/mol. The molecule has 0 amide bonds. The largest absolute Gasteiger partial charge is 0.481 e. The monoisotopic (exact) mass is 280 g/mol. The molecule has 0 radical (unpaired) electrons. The zero-order chi connectivity index (χ0) is 13.8. The fraction of sp³-hybridized carbons (Fsp3) is 0.308. The van der Waals surface area contributed by atoms with Gasteiger partial charge >= 0.3 is 5.97 Å². The van der Waals surface area contributed by atoms with E-state index in [1.165, 1.54) is 0 Å². The van der Waals surface area contributed by atoms with Crippen molar-refractivity contribution in [1.29, 1.82) is 0 Å². The van der Waals surface area contributed by atoms with Gasteiger partial charge in [0, 0.05) is 23.4 Å². The maximum Gasteiger partial charge on any atom is 0.303 e. The van der Waals surface area contributed by atoms with Gasteiger partial charge in [0.25, 0.3) is 0 Å². The van der Waals surface area contributed by atoms with Crippen molar-refractivity contribution in [2.24, 2.45) is 5.92 Å². The summed E-state index contributed by atoms with van der Waals surface area (Å²) >= 11 is 5.89. The Balaban J connectivity index is 2.09. The summed E-state index contributed by atoms with van der Waals surface area (Å²) < 4.78 is 5.11. The number of rotatable bonds is 5. The quantitative estimate of drug-likeness (QED) is 0.911. The Hall–Kier alpha value is -1.88. The van der Waals surface area contributed by atoms with E-state index < -0.39 is 5.97 Å². The lowest BCUT2D eigenvalue weighted by molar-refractivity contribution is -0.137. The van der Waals surface area contributed by atoms with Crippen LogP contribution in [-0.4, -0.2) is 21.2 Å². The zero-order valence-electron chi connectivity index (χ0n) is 10.3. The molecule has 0 saturated heterocycles. The topological polar surface area (TPSA) is 76.2 Å². The minimum absolute atomic E-state index is 0.0508. The maximum absolute atomic E-state index is 10.6. The second-order valence-electron chi connectivity index (χ2n) is 4.43. The molecule has 5 nitrogen and oxygen atoms in total. The number of nitrogens with zero attached hydrogens (tertiary/aromatic N) is 2. The first-order chi connectivity index (χ1) is 9.04. The first-order valence-electron chi connectivity index (χ1n) is 5.85. The summed E-state index contributed by atoms with van der Waals surface area (Å²) in [5.41, 5.74) is 0.772. The molecule has 1 aromatic carbocycles. The van der Waals surface area contributed by atoms with Crippen LogP contribution in [0.1, 0.15) is 19.2 Å². The Kier molecular flexibility index (Phi) is 4.16. The predicted octanol–water partition coefficient (Wildman–Crippen LogP) is 3.04. The van der Waals surface area contributed by atoms with Crippen LogP contribution >= 0.6 is 11.6 Å². The third-order valence-electron chi connectivity index (χ3n) is 2.60. The SMILES string of the molecule is CC(CC(=O)O)Cc1nc(-c2cccc(Cl)c2)no1. The molecule has 0 saturated carbocycles. The number of carbonyl (C=O) groups is 1. The highest BCUT2D eigenvalue weighted by molar-refractivity contribution is 6.30. The number of carboxylic acids is 1. The Labute approximate surface area is 115 Å². The van der Waals surface area contributed by atoms with Crippen LogP contribution in [0.3, 0.4) is 0 Å². The Morgan fingerprint density at radius 2 is 2.32 bits per heavy atom. The van der Waals surface area contributed by atoms with Crippen LogP contribution in [0.5, 0.6) is 0 Å². The average Bonchev–Trinajstić information content (AvgIpc) is 2.76. The fourth-order valence-corrected chi connectivity index (χ4v) is 1.94. The van der Waals surface area contributed by atoms with Crippen LogP contribution in [0, 0.1) is 5.92 Å². The summed E-state index contributed by atoms with van der Waals surface area (Å²) in [4.78, 5) is 14.8. The first-order valence-corrected chi connectivity index (χ1v) is 6.22. The van der Waals surface area contributed by atoms with Crippen LogP contribution in [0.25, 0.3) is 11.4 Å². The minimum Gasteiger partial charge on any atom is -0.481 e. The third kappa shape index (κ3) is 3.79. The van der Waals surface area contributed by atoms with Crippen LogP contribution in [0.15, 0.2) is 28.8 Å². The fourth-order valence-electron chi connectivity index (χ4n) is 1.75. The summed E-state index contributed by atoms with van der Waals surface area (Å²) in [7, 11) is 0. The number of hydrogen-bond donors (Lipinski definition) is 1. The highest BCUT2D eigenvalue weighted by Gasteiger charge is 2.14. The van der Waals surface area contributed by atoms with E-state index in [0.717, 1.165) is 5.56 Å². The number of benzene rings is 1. The van der Waals surface area contributed by atoms with Crippen molar-refractivity contribution in [3.05, 3.63) is 35.2 Å². The molecule has 0 aliphatic carbocycles. The van der Waals surface area contributed by atoms with Crippen LogP contribution in [0.2, 0.25) is 5.02 Å². The lowest BCUT2D eigenvalue weighted by atomic mass is 10.0. The first kappa shape index (κ1) is 13.5. The molecular formula is C13H13ClN2O3. The van der Waals surface area contributed by atoms with Gasteiger partial charge in [-0.1, -0.05) is 35.8 Å². The van der Waals surface area contributed by atoms with Gasteiger partial charge in [-0.15, -0.1) is 0 Å². The van der Waals surface area contributed by atoms with E-state index in [1.54, 1.807) is 18.2 Å². The van der Waals surface area contributed by atoms with E-state index in [0.29, 0.717) is 23.2 Å². The molecule has 19 heavy (non-hydrogen) atoms. The number of carboxylic acid groups (broad SMARTS) is 1. The van der Waals surface area contributed by atoms with E-state index in [-0.39, 0.29) is 12.3 Å². The van der Waals surface area contributed by atoms with Gasteiger partial charge < -0.3 is 9.63 Å². The standard InChI is InChI=1S/C13H13ClN2O3/c1-8(6-12(17)18)5-11-15-13(16-19-11)9-3-2-4-10(14)7-9/h2-4,7-8H,5-6H2,1H3,(H,17,18). The van der Waals surface area contributed by atoms with Crippen molar-refractivity contribution in [3.8, 4) is 11.4 Å². The Bertz CT molecular complexity index is 583. The van der Waals surface area contributed by atoms with Crippen molar-refractivity contribution in [1.82, 2.24) is 10.1 Å². The van der Waals surface area contributed by atoms with Crippen LogP contribution in [-0.2, 0) is 11.2 Å². The molecule has 0 aliphatic rings. The van der Waals surface area contributed by atoms with Gasteiger partial charge in [0.2, 0.25) is 11.7 Å². The number of aromatic nitrogens is 2. The summed E-state index contributed by atoms with van der Waals surface area (Å²) in [6.45, 7) is 1.83. The molecule has 6 heteroatoms. The Morgan fingerprint density at radius 1 is 1.53 bits per heavy atom. The van der Waals surface area contributed by atoms with Gasteiger partial charge in [-0.3, -0.25) is 4.79 Å². The van der Waals surface area contributed by atoms with E-state index in [1.807, 2.05) is 13.0 Å². The second kappa shape index (κ2) is 5.84. The molecule has 0 spiro atoms. The molecule has 0 aliphatic heterocycles. The highest BCUT2D eigenvalue weighted by atomic mass is 35.5. The van der Waals surface area contributed by atoms with Crippen molar-refractivity contribution in [3.63, 3.8) is 0 Å². The van der Waals surface area contributed by atoms with E-state index in [4.69, 9.17) is 21.2 Å². The van der Waals surface area contributed by atoms with Gasteiger partial charge in [0.05, 0.1) is 0 Å². The number of halogens is 1. The van der Waals surface area contributed by atoms with Gasteiger partial charge in [-0.2, -0.15) is 4.98 Å². The van der Waals surface area contributed by atoms with Crippen molar-refractivity contribution >= 4 is 17.6 Å². The van der Waals surface area contributed by atoms with Crippen molar-refractivity contribution < 1.29 is 14.4 Å². The third-order valence-corrected chi connectivity index (χ3v) is 2.83. The summed E-state index contributed by atoms with van der Waals surface area (Å²) in [6.07, 6.45) is 0.523. The molecular weight excluding hydrogens is 268 g/mol. The van der Waals surface area contributed by atoms with Crippen molar-refractivity contribution in [2.75, 3.05) is 0 Å². The molecule has 2 aromatic rings. The van der Waals surface area contributed by atoms with E-state index >= 15 is 0 Å². The molecule has 1 unspecified atom stereocenters. The maximum atomic E-state index is 10.6. The molecule has 2 rings (SSSR count). The lowest BCUT2D eigenvalue weighted by Gasteiger charge is -2.03. The number of aliphatic carboxylic acids is 1. The van der Waals surface area contributed by atoms with Crippen LogP contribution in [0.4, 0.5) is 0 Å².